The standard InChI is InChI=1S/C15H23N3/c1-17(2)10-7-11-18(3)13-15(12-16)14-8-5-4-6-9-14/h4-6,8-9,15H,7,10-11,13H2,1-3H3. The van der Waals surface area contributed by atoms with Gasteiger partial charge in [-0.05, 0) is 46.2 Å². The Kier molecular flexibility index (Phi) is 6.42. The third-order valence-electron chi connectivity index (χ3n) is 3.00. The van der Waals surface area contributed by atoms with Gasteiger partial charge in [-0.3, -0.25) is 0 Å². The van der Waals surface area contributed by atoms with Crippen molar-refractivity contribution in [3.8, 4) is 6.07 Å². The van der Waals surface area contributed by atoms with Gasteiger partial charge in [0, 0.05) is 6.54 Å². The van der Waals surface area contributed by atoms with E-state index in [1.54, 1.807) is 0 Å². The van der Waals surface area contributed by atoms with E-state index in [9.17, 15) is 5.26 Å². The Labute approximate surface area is 111 Å². The lowest BCUT2D eigenvalue weighted by Crippen LogP contribution is -2.27. The average Bonchev–Trinajstić information content (AvgIpc) is 2.36. The van der Waals surface area contributed by atoms with E-state index < -0.39 is 0 Å². The molecule has 1 unspecified atom stereocenters. The molecule has 3 nitrogen and oxygen atoms in total. The molecule has 0 heterocycles. The fraction of sp³-hybridized carbons (Fsp3) is 0.533. The largest absolute Gasteiger partial charge is 0.309 e. The summed E-state index contributed by atoms with van der Waals surface area (Å²) in [5, 5.41) is 9.26. The van der Waals surface area contributed by atoms with Crippen LogP contribution >= 0.6 is 0 Å². The molecule has 0 bridgehead atoms. The van der Waals surface area contributed by atoms with Crippen LogP contribution in [0.2, 0.25) is 0 Å². The highest BCUT2D eigenvalue weighted by Crippen LogP contribution is 2.15. The number of likely N-dealkylation sites (N-methyl/N-ethyl adjacent to an activating group) is 1. The van der Waals surface area contributed by atoms with E-state index >= 15 is 0 Å². The Balaban J connectivity index is 2.42. The molecule has 0 spiro atoms. The lowest BCUT2D eigenvalue weighted by molar-refractivity contribution is 0.296. The predicted molar refractivity (Wildman–Crippen MR) is 75.5 cm³/mol. The molecule has 0 N–H and O–H groups in total. The Morgan fingerprint density at radius 3 is 2.33 bits per heavy atom. The van der Waals surface area contributed by atoms with E-state index in [1.807, 2.05) is 30.3 Å². The summed E-state index contributed by atoms with van der Waals surface area (Å²) >= 11 is 0. The van der Waals surface area contributed by atoms with Crippen molar-refractivity contribution in [3.05, 3.63) is 35.9 Å². The molecule has 1 atom stereocenters. The normalized spacial score (nSPS) is 12.7. The minimum absolute atomic E-state index is 0.0319. The summed E-state index contributed by atoms with van der Waals surface area (Å²) in [5.41, 5.74) is 1.11. The predicted octanol–water partition coefficient (Wildman–Crippen LogP) is 2.18. The molecule has 0 aliphatic rings. The Bertz CT molecular complexity index is 367. The summed E-state index contributed by atoms with van der Waals surface area (Å²) in [7, 11) is 6.26. The lowest BCUT2D eigenvalue weighted by atomic mass is 10.0. The summed E-state index contributed by atoms with van der Waals surface area (Å²) in [6, 6.07) is 12.4. The molecule has 3 heteroatoms. The van der Waals surface area contributed by atoms with Gasteiger partial charge in [0.05, 0.1) is 12.0 Å². The zero-order chi connectivity index (χ0) is 13.4. The quantitative estimate of drug-likeness (QED) is 0.737. The van der Waals surface area contributed by atoms with E-state index in [-0.39, 0.29) is 5.92 Å². The van der Waals surface area contributed by atoms with Gasteiger partial charge in [-0.15, -0.1) is 0 Å². The Hall–Kier alpha value is -1.37. The second-order valence-corrected chi connectivity index (χ2v) is 5.01. The van der Waals surface area contributed by atoms with Crippen LogP contribution in [0.1, 0.15) is 17.9 Å². The first-order chi connectivity index (χ1) is 8.63. The molecular formula is C15H23N3. The molecule has 1 aromatic rings. The van der Waals surface area contributed by atoms with Crippen molar-refractivity contribution >= 4 is 0 Å². The molecule has 1 rings (SSSR count). The lowest BCUT2D eigenvalue weighted by Gasteiger charge is -2.21. The first-order valence-corrected chi connectivity index (χ1v) is 6.41. The SMILES string of the molecule is CN(C)CCCN(C)CC(C#N)c1ccccc1. The van der Waals surface area contributed by atoms with E-state index in [2.05, 4.69) is 37.0 Å². The molecule has 0 radical (unpaired) electrons. The molecule has 0 aliphatic carbocycles. The van der Waals surface area contributed by atoms with Crippen LogP contribution in [-0.4, -0.2) is 50.6 Å². The van der Waals surface area contributed by atoms with Crippen molar-refractivity contribution in [1.82, 2.24) is 9.80 Å². The van der Waals surface area contributed by atoms with Gasteiger partial charge >= 0.3 is 0 Å². The van der Waals surface area contributed by atoms with Gasteiger partial charge in [0.2, 0.25) is 0 Å². The first-order valence-electron chi connectivity index (χ1n) is 6.41. The molecule has 1 aromatic carbocycles. The summed E-state index contributed by atoms with van der Waals surface area (Å²) in [6.07, 6.45) is 1.14. The highest BCUT2D eigenvalue weighted by atomic mass is 15.1. The van der Waals surface area contributed by atoms with Crippen LogP contribution in [0.25, 0.3) is 0 Å². The van der Waals surface area contributed by atoms with Gasteiger partial charge in [-0.1, -0.05) is 30.3 Å². The van der Waals surface area contributed by atoms with E-state index in [4.69, 9.17) is 0 Å². The topological polar surface area (TPSA) is 30.3 Å². The van der Waals surface area contributed by atoms with Crippen molar-refractivity contribution < 1.29 is 0 Å². The molecule has 0 aromatic heterocycles. The van der Waals surface area contributed by atoms with Crippen LogP contribution in [0.3, 0.4) is 0 Å². The zero-order valence-corrected chi connectivity index (χ0v) is 11.6. The molecule has 0 saturated heterocycles. The molecule has 0 amide bonds. The van der Waals surface area contributed by atoms with Crippen molar-refractivity contribution in [2.45, 2.75) is 12.3 Å². The van der Waals surface area contributed by atoms with Crippen LogP contribution in [0, 0.1) is 11.3 Å². The average molecular weight is 245 g/mol. The van der Waals surface area contributed by atoms with Crippen molar-refractivity contribution in [2.24, 2.45) is 0 Å². The van der Waals surface area contributed by atoms with Crippen LogP contribution in [0.5, 0.6) is 0 Å². The molecule has 0 aliphatic heterocycles. The molecular weight excluding hydrogens is 222 g/mol. The number of rotatable bonds is 7. The summed E-state index contributed by atoms with van der Waals surface area (Å²) in [4.78, 5) is 4.43. The minimum Gasteiger partial charge on any atom is -0.309 e. The summed E-state index contributed by atoms with van der Waals surface area (Å²) < 4.78 is 0. The van der Waals surface area contributed by atoms with Crippen molar-refractivity contribution in [2.75, 3.05) is 40.8 Å². The van der Waals surface area contributed by atoms with E-state index in [0.29, 0.717) is 0 Å². The van der Waals surface area contributed by atoms with Crippen LogP contribution < -0.4 is 0 Å². The molecule has 0 saturated carbocycles. The van der Waals surface area contributed by atoms with Gasteiger partial charge in [0.1, 0.15) is 0 Å². The first kappa shape index (κ1) is 14.7. The van der Waals surface area contributed by atoms with Crippen molar-refractivity contribution in [3.63, 3.8) is 0 Å². The number of hydrogen-bond donors (Lipinski definition) is 0. The van der Waals surface area contributed by atoms with Gasteiger partial charge in [0.15, 0.2) is 0 Å². The third-order valence-corrected chi connectivity index (χ3v) is 3.00. The maximum atomic E-state index is 9.26. The summed E-state index contributed by atoms with van der Waals surface area (Å²) in [6.45, 7) is 2.92. The monoisotopic (exact) mass is 245 g/mol. The smallest absolute Gasteiger partial charge is 0.0839 e. The van der Waals surface area contributed by atoms with E-state index in [0.717, 1.165) is 31.6 Å². The van der Waals surface area contributed by atoms with Crippen LogP contribution in [0.15, 0.2) is 30.3 Å². The van der Waals surface area contributed by atoms with E-state index in [1.165, 1.54) is 0 Å². The number of nitrogens with zero attached hydrogens (tertiary/aromatic N) is 3. The Morgan fingerprint density at radius 2 is 1.78 bits per heavy atom. The third kappa shape index (κ3) is 5.31. The van der Waals surface area contributed by atoms with Gasteiger partial charge in [-0.25, -0.2) is 0 Å². The number of benzene rings is 1. The van der Waals surface area contributed by atoms with Gasteiger partial charge in [0.25, 0.3) is 0 Å². The molecule has 18 heavy (non-hydrogen) atoms. The fourth-order valence-corrected chi connectivity index (χ4v) is 1.97. The zero-order valence-electron chi connectivity index (χ0n) is 11.6. The molecule has 98 valence electrons. The van der Waals surface area contributed by atoms with Crippen LogP contribution in [0.4, 0.5) is 0 Å². The second kappa shape index (κ2) is 7.86. The maximum Gasteiger partial charge on any atom is 0.0839 e. The van der Waals surface area contributed by atoms with Gasteiger partial charge < -0.3 is 9.80 Å². The highest BCUT2D eigenvalue weighted by molar-refractivity contribution is 5.25. The molecule has 0 fully saturated rings. The minimum atomic E-state index is -0.0319. The fourth-order valence-electron chi connectivity index (χ4n) is 1.97. The highest BCUT2D eigenvalue weighted by Gasteiger charge is 2.12. The second-order valence-electron chi connectivity index (χ2n) is 5.01. The summed E-state index contributed by atoms with van der Waals surface area (Å²) in [5.74, 6) is -0.0319. The maximum absolute atomic E-state index is 9.26. The van der Waals surface area contributed by atoms with Gasteiger partial charge in [-0.2, -0.15) is 5.26 Å². The number of nitriles is 1. The Morgan fingerprint density at radius 1 is 1.11 bits per heavy atom. The number of hydrogen-bond acceptors (Lipinski definition) is 3. The van der Waals surface area contributed by atoms with Crippen molar-refractivity contribution in [1.29, 1.82) is 5.26 Å². The van der Waals surface area contributed by atoms with Crippen LogP contribution in [-0.2, 0) is 0 Å².